The lowest BCUT2D eigenvalue weighted by Gasteiger charge is -2.37. The molecule has 0 N–H and O–H groups in total. The summed E-state index contributed by atoms with van der Waals surface area (Å²) in [6.07, 6.45) is 0. The van der Waals surface area contributed by atoms with E-state index in [0.29, 0.717) is 44.4 Å². The molecule has 3 aliphatic heterocycles. The molecule has 0 aromatic rings. The van der Waals surface area contributed by atoms with E-state index >= 15 is 0 Å². The molecule has 0 bridgehead atoms. The highest BCUT2D eigenvalue weighted by Gasteiger charge is 2.45. The molecule has 0 aliphatic carbocycles. The van der Waals surface area contributed by atoms with Crippen molar-refractivity contribution >= 4 is 34.4 Å². The predicted octanol–water partition coefficient (Wildman–Crippen LogP) is -2.81. The van der Waals surface area contributed by atoms with Gasteiger partial charge < -0.3 is 19.3 Å². The van der Waals surface area contributed by atoms with Gasteiger partial charge in [-0.1, -0.05) is 0 Å². The molecule has 26 heavy (non-hydrogen) atoms. The summed E-state index contributed by atoms with van der Waals surface area (Å²) >= 11 is 0. The van der Waals surface area contributed by atoms with Gasteiger partial charge in [0.2, 0.25) is 11.8 Å². The molecule has 3 aliphatic rings. The lowest BCUT2D eigenvalue weighted by molar-refractivity contribution is -0.163. The van der Waals surface area contributed by atoms with E-state index in [2.05, 4.69) is 0 Å². The highest BCUT2D eigenvalue weighted by atomic mass is 32.2. The van der Waals surface area contributed by atoms with Crippen LogP contribution in [0.2, 0.25) is 0 Å². The van der Waals surface area contributed by atoms with Gasteiger partial charge in [-0.25, -0.2) is 0 Å². The number of amides is 4. The van der Waals surface area contributed by atoms with Crippen LogP contribution < -0.4 is 0 Å². The van der Waals surface area contributed by atoms with Crippen LogP contribution in [0.5, 0.6) is 0 Å². The monoisotopic (exact) mass is 387 g/mol. The highest BCUT2D eigenvalue weighted by Crippen LogP contribution is 2.16. The Morgan fingerprint density at radius 1 is 0.885 bits per heavy atom. The SMILES string of the molecule is O=C(C(=O)N1C(=O)CS(=O)CC1C(=O)N1CCOCC1)N1CCOCC1. The van der Waals surface area contributed by atoms with Crippen LogP contribution in [0.4, 0.5) is 0 Å². The first-order valence-corrected chi connectivity index (χ1v) is 9.92. The second-order valence-electron chi connectivity index (χ2n) is 6.18. The standard InChI is InChI=1S/C15H21N3O7S/c19-12-10-26(23)9-11(13(20)16-1-5-24-6-2-16)18(12)15(22)14(21)17-3-7-25-8-4-17/h11H,1-10H2. The maximum atomic E-state index is 12.8. The van der Waals surface area contributed by atoms with Crippen LogP contribution in [-0.2, 0) is 39.5 Å². The summed E-state index contributed by atoms with van der Waals surface area (Å²) in [6, 6.07) is -1.22. The number of imide groups is 1. The van der Waals surface area contributed by atoms with E-state index in [4.69, 9.17) is 9.47 Å². The van der Waals surface area contributed by atoms with E-state index in [1.54, 1.807) is 0 Å². The molecular formula is C15H21N3O7S. The summed E-state index contributed by atoms with van der Waals surface area (Å²) in [5.41, 5.74) is 0. The van der Waals surface area contributed by atoms with Crippen LogP contribution in [0.15, 0.2) is 0 Å². The second kappa shape index (κ2) is 8.23. The predicted molar refractivity (Wildman–Crippen MR) is 88.3 cm³/mol. The molecule has 3 fully saturated rings. The average Bonchev–Trinajstić information content (AvgIpc) is 2.67. The first-order chi connectivity index (χ1) is 12.5. The quantitative estimate of drug-likeness (QED) is 0.446. The third-order valence-electron chi connectivity index (χ3n) is 4.52. The minimum Gasteiger partial charge on any atom is -0.378 e. The zero-order chi connectivity index (χ0) is 18.7. The molecule has 0 saturated carbocycles. The topological polar surface area (TPSA) is 114 Å². The number of carbonyl (C=O) groups excluding carboxylic acids is 4. The van der Waals surface area contributed by atoms with Crippen molar-refractivity contribution in [2.75, 3.05) is 64.1 Å². The minimum atomic E-state index is -1.55. The third kappa shape index (κ3) is 3.94. The minimum absolute atomic E-state index is 0.149. The van der Waals surface area contributed by atoms with Crippen molar-refractivity contribution in [3.05, 3.63) is 0 Å². The zero-order valence-corrected chi connectivity index (χ0v) is 15.1. The van der Waals surface area contributed by atoms with Gasteiger partial charge in [-0.2, -0.15) is 0 Å². The molecule has 2 atom stereocenters. The molecule has 11 heteroatoms. The van der Waals surface area contributed by atoms with Crippen molar-refractivity contribution in [2.24, 2.45) is 0 Å². The van der Waals surface area contributed by atoms with Gasteiger partial charge in [-0.05, 0) is 0 Å². The van der Waals surface area contributed by atoms with Gasteiger partial charge in [0.25, 0.3) is 0 Å². The maximum absolute atomic E-state index is 12.8. The Kier molecular flexibility index (Phi) is 5.99. The lowest BCUT2D eigenvalue weighted by Crippen LogP contribution is -2.63. The van der Waals surface area contributed by atoms with Crippen LogP contribution in [0.3, 0.4) is 0 Å². The van der Waals surface area contributed by atoms with Crippen molar-refractivity contribution in [2.45, 2.75) is 6.04 Å². The van der Waals surface area contributed by atoms with E-state index in [-0.39, 0.29) is 24.6 Å². The van der Waals surface area contributed by atoms with Crippen molar-refractivity contribution in [3.8, 4) is 0 Å². The van der Waals surface area contributed by atoms with Gasteiger partial charge >= 0.3 is 11.8 Å². The van der Waals surface area contributed by atoms with Crippen molar-refractivity contribution in [1.29, 1.82) is 0 Å². The van der Waals surface area contributed by atoms with E-state index < -0.39 is 40.5 Å². The molecule has 10 nitrogen and oxygen atoms in total. The summed E-state index contributed by atoms with van der Waals surface area (Å²) in [6.45, 7) is 2.50. The summed E-state index contributed by atoms with van der Waals surface area (Å²) in [4.78, 5) is 53.8. The van der Waals surface area contributed by atoms with Crippen LogP contribution in [-0.4, -0.2) is 113 Å². The zero-order valence-electron chi connectivity index (χ0n) is 14.3. The van der Waals surface area contributed by atoms with E-state index in [1.807, 2.05) is 0 Å². The van der Waals surface area contributed by atoms with Crippen molar-refractivity contribution in [1.82, 2.24) is 14.7 Å². The molecule has 0 radical (unpaired) electrons. The van der Waals surface area contributed by atoms with Crippen molar-refractivity contribution in [3.63, 3.8) is 0 Å². The molecular weight excluding hydrogens is 366 g/mol. The normalized spacial score (nSPS) is 27.4. The molecule has 3 saturated heterocycles. The summed E-state index contributed by atoms with van der Waals surface area (Å²) < 4.78 is 22.3. The molecule has 0 aromatic carbocycles. The Morgan fingerprint density at radius 3 is 2.00 bits per heavy atom. The van der Waals surface area contributed by atoms with Crippen LogP contribution in [0.25, 0.3) is 0 Å². The molecule has 4 amide bonds. The first kappa shape index (κ1) is 18.9. The third-order valence-corrected chi connectivity index (χ3v) is 5.77. The molecule has 2 unspecified atom stereocenters. The Bertz CT molecular complexity index is 629. The van der Waals surface area contributed by atoms with Gasteiger partial charge in [0.1, 0.15) is 11.8 Å². The number of rotatable bonds is 1. The Balaban J connectivity index is 1.79. The molecule has 3 rings (SSSR count). The molecule has 0 aromatic heterocycles. The van der Waals surface area contributed by atoms with Gasteiger partial charge in [-0.3, -0.25) is 28.3 Å². The fourth-order valence-electron chi connectivity index (χ4n) is 3.13. The molecule has 144 valence electrons. The van der Waals surface area contributed by atoms with Crippen LogP contribution >= 0.6 is 0 Å². The summed E-state index contributed by atoms with van der Waals surface area (Å²) in [5.74, 6) is -3.63. The number of hydrogen-bond acceptors (Lipinski definition) is 7. The number of hydrogen-bond donors (Lipinski definition) is 0. The Hall–Kier alpha value is -1.85. The average molecular weight is 387 g/mol. The maximum Gasteiger partial charge on any atom is 0.319 e. The lowest BCUT2D eigenvalue weighted by atomic mass is 10.2. The second-order valence-corrected chi connectivity index (χ2v) is 7.68. The first-order valence-electron chi connectivity index (χ1n) is 8.43. The van der Waals surface area contributed by atoms with Crippen molar-refractivity contribution < 1.29 is 32.9 Å². The largest absolute Gasteiger partial charge is 0.378 e. The smallest absolute Gasteiger partial charge is 0.319 e. The highest BCUT2D eigenvalue weighted by molar-refractivity contribution is 7.85. The molecule has 0 spiro atoms. The van der Waals surface area contributed by atoms with E-state index in [9.17, 15) is 23.4 Å². The van der Waals surface area contributed by atoms with E-state index in [1.165, 1.54) is 9.80 Å². The number of ether oxygens (including phenoxy) is 2. The van der Waals surface area contributed by atoms with Gasteiger partial charge in [-0.15, -0.1) is 0 Å². The summed E-state index contributed by atoms with van der Waals surface area (Å²) in [7, 11) is -1.55. The number of morpholine rings is 2. The molecule has 3 heterocycles. The number of carbonyl (C=O) groups is 4. The van der Waals surface area contributed by atoms with Gasteiger partial charge in [0.15, 0.2) is 0 Å². The summed E-state index contributed by atoms with van der Waals surface area (Å²) in [5, 5.41) is 0. The Morgan fingerprint density at radius 2 is 1.42 bits per heavy atom. The Labute approximate surface area is 152 Å². The van der Waals surface area contributed by atoms with E-state index in [0.717, 1.165) is 0 Å². The number of nitrogens with zero attached hydrogens (tertiary/aromatic N) is 3. The fraction of sp³-hybridized carbons (Fsp3) is 0.733. The van der Waals surface area contributed by atoms with Crippen LogP contribution in [0.1, 0.15) is 0 Å². The van der Waals surface area contributed by atoms with Gasteiger partial charge in [0.05, 0.1) is 32.2 Å². The van der Waals surface area contributed by atoms with Gasteiger partial charge in [0, 0.05) is 37.0 Å². The van der Waals surface area contributed by atoms with Crippen LogP contribution in [0, 0.1) is 0 Å². The fourth-order valence-corrected chi connectivity index (χ4v) is 4.30.